The van der Waals surface area contributed by atoms with Gasteiger partial charge in [0.25, 0.3) is 5.91 Å². The maximum absolute atomic E-state index is 11.9. The lowest BCUT2D eigenvalue weighted by Crippen LogP contribution is -2.25. The molecule has 1 aromatic rings. The molecule has 0 saturated heterocycles. The van der Waals surface area contributed by atoms with Gasteiger partial charge in [0.2, 0.25) is 0 Å². The predicted molar refractivity (Wildman–Crippen MR) is 75.6 cm³/mol. The number of nitrogens with one attached hydrogen (secondary N) is 1. The molecule has 0 saturated carbocycles. The Labute approximate surface area is 116 Å². The highest BCUT2D eigenvalue weighted by Crippen LogP contribution is 2.20. The van der Waals surface area contributed by atoms with E-state index < -0.39 is 0 Å². The molecule has 0 radical (unpaired) electrons. The number of halogens is 2. The summed E-state index contributed by atoms with van der Waals surface area (Å²) in [5.74, 6) is 0.591. The summed E-state index contributed by atoms with van der Waals surface area (Å²) < 4.78 is 0.767. The van der Waals surface area contributed by atoms with Gasteiger partial charge in [0.1, 0.15) is 0 Å². The highest BCUT2D eigenvalue weighted by atomic mass is 79.9. The molecule has 0 aliphatic heterocycles. The van der Waals surface area contributed by atoms with E-state index in [0.29, 0.717) is 23.0 Å². The zero-order valence-corrected chi connectivity index (χ0v) is 12.4. The van der Waals surface area contributed by atoms with E-state index in [9.17, 15) is 4.79 Å². The van der Waals surface area contributed by atoms with Crippen LogP contribution in [0, 0.1) is 5.92 Å². The number of rotatable bonds is 5. The van der Waals surface area contributed by atoms with Gasteiger partial charge >= 0.3 is 0 Å². The van der Waals surface area contributed by atoms with Crippen molar-refractivity contribution in [2.24, 2.45) is 5.92 Å². The fourth-order valence-corrected chi connectivity index (χ4v) is 2.08. The lowest BCUT2D eigenvalue weighted by Gasteiger charge is -2.08. The van der Waals surface area contributed by atoms with Crippen LogP contribution in [0.1, 0.15) is 37.0 Å². The first-order valence-corrected chi connectivity index (χ1v) is 6.91. The first-order valence-electron chi connectivity index (χ1n) is 5.74. The van der Waals surface area contributed by atoms with Crippen molar-refractivity contribution in [3.05, 3.63) is 33.3 Å². The first kappa shape index (κ1) is 14.5. The first-order chi connectivity index (χ1) is 8.00. The van der Waals surface area contributed by atoms with Crippen molar-refractivity contribution in [1.82, 2.24) is 5.32 Å². The SMILES string of the molecule is CC(C)CCCNC(=O)c1cc(Cl)ccc1Br. The van der Waals surface area contributed by atoms with E-state index in [-0.39, 0.29) is 5.91 Å². The molecule has 0 spiro atoms. The fraction of sp³-hybridized carbons (Fsp3) is 0.462. The van der Waals surface area contributed by atoms with E-state index in [0.717, 1.165) is 17.3 Å². The van der Waals surface area contributed by atoms with Crippen molar-refractivity contribution in [3.63, 3.8) is 0 Å². The van der Waals surface area contributed by atoms with Crippen LogP contribution >= 0.6 is 27.5 Å². The van der Waals surface area contributed by atoms with Crippen LogP contribution in [0.15, 0.2) is 22.7 Å². The van der Waals surface area contributed by atoms with Gasteiger partial charge in [-0.25, -0.2) is 0 Å². The van der Waals surface area contributed by atoms with E-state index in [1.165, 1.54) is 0 Å². The van der Waals surface area contributed by atoms with Crippen LogP contribution < -0.4 is 5.32 Å². The molecule has 1 aromatic carbocycles. The van der Waals surface area contributed by atoms with Crippen molar-refractivity contribution in [2.45, 2.75) is 26.7 Å². The zero-order valence-electron chi connectivity index (χ0n) is 10.1. The predicted octanol–water partition coefficient (Wildman–Crippen LogP) is 4.27. The normalized spacial score (nSPS) is 10.6. The minimum atomic E-state index is -0.0804. The van der Waals surface area contributed by atoms with Gasteiger partial charge in [-0.15, -0.1) is 0 Å². The topological polar surface area (TPSA) is 29.1 Å². The molecule has 0 atom stereocenters. The van der Waals surface area contributed by atoms with E-state index in [1.54, 1.807) is 18.2 Å². The molecule has 1 N–H and O–H groups in total. The molecule has 0 aromatic heterocycles. The molecule has 0 aliphatic rings. The Bertz CT molecular complexity index is 393. The maximum atomic E-state index is 11.9. The second-order valence-electron chi connectivity index (χ2n) is 4.42. The summed E-state index contributed by atoms with van der Waals surface area (Å²) in [6.07, 6.45) is 2.12. The lowest BCUT2D eigenvalue weighted by atomic mass is 10.1. The van der Waals surface area contributed by atoms with E-state index in [1.807, 2.05) is 0 Å². The van der Waals surface area contributed by atoms with Crippen LogP contribution in [0.4, 0.5) is 0 Å². The Kier molecular flexibility index (Phi) is 6.00. The number of carbonyl (C=O) groups excluding carboxylic acids is 1. The number of hydrogen-bond donors (Lipinski definition) is 1. The molecule has 17 heavy (non-hydrogen) atoms. The van der Waals surface area contributed by atoms with Crippen molar-refractivity contribution in [3.8, 4) is 0 Å². The van der Waals surface area contributed by atoms with E-state index >= 15 is 0 Å². The monoisotopic (exact) mass is 317 g/mol. The van der Waals surface area contributed by atoms with E-state index in [4.69, 9.17) is 11.6 Å². The Hall–Kier alpha value is -0.540. The Morgan fingerprint density at radius 3 is 2.82 bits per heavy atom. The quantitative estimate of drug-likeness (QED) is 0.807. The summed E-state index contributed by atoms with van der Waals surface area (Å²) in [5, 5.41) is 3.46. The van der Waals surface area contributed by atoms with Crippen LogP contribution in [0.5, 0.6) is 0 Å². The van der Waals surface area contributed by atoms with Crippen LogP contribution in [-0.2, 0) is 0 Å². The number of carbonyl (C=O) groups is 1. The molecular formula is C13H17BrClNO. The lowest BCUT2D eigenvalue weighted by molar-refractivity contribution is 0.0952. The molecule has 0 aliphatic carbocycles. The van der Waals surface area contributed by atoms with E-state index in [2.05, 4.69) is 35.1 Å². The van der Waals surface area contributed by atoms with Crippen LogP contribution in [-0.4, -0.2) is 12.5 Å². The highest BCUT2D eigenvalue weighted by Gasteiger charge is 2.09. The summed E-state index contributed by atoms with van der Waals surface area (Å²) >= 11 is 9.21. The summed E-state index contributed by atoms with van der Waals surface area (Å²) in [5.41, 5.74) is 0.585. The standard InChI is InChI=1S/C13H17BrClNO/c1-9(2)4-3-7-16-13(17)11-8-10(15)5-6-12(11)14/h5-6,8-9H,3-4,7H2,1-2H3,(H,16,17). The van der Waals surface area contributed by atoms with Crippen LogP contribution in [0.25, 0.3) is 0 Å². The third kappa shape index (κ3) is 5.09. The fourth-order valence-electron chi connectivity index (χ4n) is 1.48. The molecule has 0 bridgehead atoms. The van der Waals surface area contributed by atoms with Gasteiger partial charge in [-0.3, -0.25) is 4.79 Å². The van der Waals surface area contributed by atoms with Crippen LogP contribution in [0.2, 0.25) is 5.02 Å². The number of hydrogen-bond acceptors (Lipinski definition) is 1. The van der Waals surface area contributed by atoms with Gasteiger partial charge in [-0.2, -0.15) is 0 Å². The summed E-state index contributed by atoms with van der Waals surface area (Å²) in [7, 11) is 0. The average Bonchev–Trinajstić information content (AvgIpc) is 2.27. The zero-order chi connectivity index (χ0) is 12.8. The molecule has 4 heteroatoms. The average molecular weight is 319 g/mol. The maximum Gasteiger partial charge on any atom is 0.252 e. The third-order valence-corrected chi connectivity index (χ3v) is 3.34. The Balaban J connectivity index is 2.49. The van der Waals surface area contributed by atoms with Crippen molar-refractivity contribution in [2.75, 3.05) is 6.54 Å². The molecule has 0 heterocycles. The molecular weight excluding hydrogens is 302 g/mol. The molecule has 2 nitrogen and oxygen atoms in total. The summed E-state index contributed by atoms with van der Waals surface area (Å²) in [4.78, 5) is 11.9. The molecule has 0 fully saturated rings. The van der Waals surface area contributed by atoms with Crippen molar-refractivity contribution >= 4 is 33.4 Å². The molecule has 1 rings (SSSR count). The minimum absolute atomic E-state index is 0.0804. The van der Waals surface area contributed by atoms with Gasteiger partial charge in [-0.05, 0) is 52.9 Å². The van der Waals surface area contributed by atoms with Crippen molar-refractivity contribution in [1.29, 1.82) is 0 Å². The molecule has 1 amide bonds. The van der Waals surface area contributed by atoms with Crippen LogP contribution in [0.3, 0.4) is 0 Å². The Morgan fingerprint density at radius 1 is 1.47 bits per heavy atom. The van der Waals surface area contributed by atoms with Gasteiger partial charge < -0.3 is 5.32 Å². The van der Waals surface area contributed by atoms with Gasteiger partial charge in [0.05, 0.1) is 5.56 Å². The second-order valence-corrected chi connectivity index (χ2v) is 5.71. The second kappa shape index (κ2) is 7.02. The number of benzene rings is 1. The molecule has 94 valence electrons. The molecule has 0 unspecified atom stereocenters. The smallest absolute Gasteiger partial charge is 0.252 e. The summed E-state index contributed by atoms with van der Waals surface area (Å²) in [6.45, 7) is 5.06. The third-order valence-electron chi connectivity index (χ3n) is 2.42. The number of amides is 1. The summed E-state index contributed by atoms with van der Waals surface area (Å²) in [6, 6.07) is 5.20. The van der Waals surface area contributed by atoms with Gasteiger partial charge in [0, 0.05) is 16.0 Å². The Morgan fingerprint density at radius 2 is 2.18 bits per heavy atom. The minimum Gasteiger partial charge on any atom is -0.352 e. The van der Waals surface area contributed by atoms with Gasteiger partial charge in [-0.1, -0.05) is 25.4 Å². The van der Waals surface area contributed by atoms with Crippen molar-refractivity contribution < 1.29 is 4.79 Å². The largest absolute Gasteiger partial charge is 0.352 e. The van der Waals surface area contributed by atoms with Gasteiger partial charge in [0.15, 0.2) is 0 Å². The highest BCUT2D eigenvalue weighted by molar-refractivity contribution is 9.10.